The molecular weight excluding hydrogens is 482 g/mol. The Morgan fingerprint density at radius 3 is 2.03 bits per heavy atom. The number of carbonyl (C=O) groups is 6. The molecule has 36 heavy (non-hydrogen) atoms. The maximum Gasteiger partial charge on any atom is 0.328 e. The number of rotatable bonds is 12. The number of nitrogens with one attached hydrogen (secondary N) is 2. The minimum Gasteiger partial charge on any atom is -0.481 e. The Morgan fingerprint density at radius 1 is 0.861 bits per heavy atom. The summed E-state index contributed by atoms with van der Waals surface area (Å²) >= 11 is 0. The standard InChI is InChI=1S/C21H33N5O10/c22-11(9-27)17(31)23-12(5-6-16(29)30)19(33)26-8-2-4-15(26)20(34)25-7-1-3-14(25)18(32)24-13(10-28)21(35)36/h11-15,27-28H,1-10,22H2,(H,23,31)(H,24,32)(H,29,30)(H,35,36)/t11-,12-,13-,14-,15-/m0/s1. The van der Waals surface area contributed by atoms with Crippen molar-refractivity contribution in [2.24, 2.45) is 5.73 Å². The van der Waals surface area contributed by atoms with E-state index in [0.717, 1.165) is 0 Å². The smallest absolute Gasteiger partial charge is 0.328 e. The fraction of sp³-hybridized carbons (Fsp3) is 0.714. The average molecular weight is 516 g/mol. The molecule has 0 aromatic carbocycles. The molecule has 0 aromatic heterocycles. The first kappa shape index (κ1) is 28.9. The molecule has 0 bridgehead atoms. The fourth-order valence-electron chi connectivity index (χ4n) is 4.32. The molecule has 4 amide bonds. The molecule has 0 unspecified atom stereocenters. The number of aliphatic hydroxyl groups excluding tert-OH is 2. The summed E-state index contributed by atoms with van der Waals surface area (Å²) in [6.45, 7) is -1.14. The number of likely N-dealkylation sites (tertiary alicyclic amines) is 2. The molecule has 5 atom stereocenters. The van der Waals surface area contributed by atoms with Crippen LogP contribution in [0.3, 0.4) is 0 Å². The van der Waals surface area contributed by atoms with Crippen molar-refractivity contribution in [2.75, 3.05) is 26.3 Å². The van der Waals surface area contributed by atoms with Crippen LogP contribution in [0.15, 0.2) is 0 Å². The fourth-order valence-corrected chi connectivity index (χ4v) is 4.32. The van der Waals surface area contributed by atoms with Crippen LogP contribution in [-0.4, -0.2) is 122 Å². The lowest BCUT2D eigenvalue weighted by Crippen LogP contribution is -2.58. The third-order valence-corrected chi connectivity index (χ3v) is 6.25. The van der Waals surface area contributed by atoms with Crippen molar-refractivity contribution in [1.29, 1.82) is 0 Å². The molecule has 2 heterocycles. The Morgan fingerprint density at radius 2 is 1.47 bits per heavy atom. The highest BCUT2D eigenvalue weighted by Crippen LogP contribution is 2.26. The van der Waals surface area contributed by atoms with Gasteiger partial charge in [0.1, 0.15) is 30.2 Å². The topological polar surface area (TPSA) is 240 Å². The molecule has 202 valence electrons. The van der Waals surface area contributed by atoms with Crippen molar-refractivity contribution in [2.45, 2.75) is 68.7 Å². The Balaban J connectivity index is 2.17. The van der Waals surface area contributed by atoms with Crippen molar-refractivity contribution in [1.82, 2.24) is 20.4 Å². The predicted molar refractivity (Wildman–Crippen MR) is 120 cm³/mol. The van der Waals surface area contributed by atoms with Crippen LogP contribution in [0.5, 0.6) is 0 Å². The number of nitrogens with two attached hydrogens (primary N) is 1. The number of carboxylic acids is 2. The van der Waals surface area contributed by atoms with Crippen molar-refractivity contribution in [3.05, 3.63) is 0 Å². The zero-order chi connectivity index (χ0) is 27.0. The van der Waals surface area contributed by atoms with Crippen molar-refractivity contribution < 1.29 is 49.2 Å². The molecule has 2 fully saturated rings. The summed E-state index contributed by atoms with van der Waals surface area (Å²) in [4.78, 5) is 76.2. The largest absolute Gasteiger partial charge is 0.481 e. The van der Waals surface area contributed by atoms with Gasteiger partial charge in [0.2, 0.25) is 23.6 Å². The summed E-state index contributed by atoms with van der Waals surface area (Å²) in [5.41, 5.74) is 5.48. The molecule has 15 nitrogen and oxygen atoms in total. The van der Waals surface area contributed by atoms with Crippen molar-refractivity contribution in [3.8, 4) is 0 Å². The Bertz CT molecular complexity index is 868. The van der Waals surface area contributed by atoms with Gasteiger partial charge in [0.15, 0.2) is 0 Å². The number of aliphatic hydroxyl groups is 2. The molecule has 8 N–H and O–H groups in total. The van der Waals surface area contributed by atoms with Crippen LogP contribution in [0.2, 0.25) is 0 Å². The molecule has 0 aromatic rings. The normalized spacial score (nSPS) is 22.0. The number of carboxylic acid groups (broad SMARTS) is 2. The monoisotopic (exact) mass is 515 g/mol. The third kappa shape index (κ3) is 7.11. The first-order chi connectivity index (χ1) is 17.0. The van der Waals surface area contributed by atoms with E-state index in [0.29, 0.717) is 12.8 Å². The van der Waals surface area contributed by atoms with E-state index in [2.05, 4.69) is 10.6 Å². The van der Waals surface area contributed by atoms with Crippen LogP contribution in [0.4, 0.5) is 0 Å². The minimum atomic E-state index is -1.52. The Labute approximate surface area is 206 Å². The minimum absolute atomic E-state index is 0.164. The molecule has 0 radical (unpaired) electrons. The van der Waals surface area contributed by atoms with E-state index >= 15 is 0 Å². The zero-order valence-corrected chi connectivity index (χ0v) is 19.7. The van der Waals surface area contributed by atoms with Crippen LogP contribution in [0, 0.1) is 0 Å². The molecule has 0 saturated carbocycles. The van der Waals surface area contributed by atoms with Gasteiger partial charge in [-0.15, -0.1) is 0 Å². The van der Waals surface area contributed by atoms with Gasteiger partial charge in [-0.3, -0.25) is 24.0 Å². The highest BCUT2D eigenvalue weighted by Gasteiger charge is 2.44. The summed E-state index contributed by atoms with van der Waals surface area (Å²) < 4.78 is 0. The van der Waals surface area contributed by atoms with Crippen LogP contribution in [-0.2, 0) is 28.8 Å². The van der Waals surface area contributed by atoms with Gasteiger partial charge < -0.3 is 46.6 Å². The van der Waals surface area contributed by atoms with E-state index in [1.54, 1.807) is 0 Å². The molecule has 2 saturated heterocycles. The van der Waals surface area contributed by atoms with Gasteiger partial charge in [0, 0.05) is 19.5 Å². The van der Waals surface area contributed by atoms with E-state index in [4.69, 9.17) is 26.2 Å². The first-order valence-corrected chi connectivity index (χ1v) is 11.6. The van der Waals surface area contributed by atoms with Crippen molar-refractivity contribution in [3.63, 3.8) is 0 Å². The van der Waals surface area contributed by atoms with Crippen LogP contribution >= 0.6 is 0 Å². The highest BCUT2D eigenvalue weighted by molar-refractivity contribution is 5.96. The summed E-state index contributed by atoms with van der Waals surface area (Å²) in [7, 11) is 0. The molecule has 2 aliphatic rings. The number of amides is 4. The second kappa shape index (κ2) is 13.1. The highest BCUT2D eigenvalue weighted by atomic mass is 16.4. The lowest BCUT2D eigenvalue weighted by molar-refractivity contribution is -0.149. The summed E-state index contributed by atoms with van der Waals surface area (Å²) in [6, 6.07) is -6.08. The molecular formula is C21H33N5O10. The molecule has 15 heteroatoms. The number of nitrogens with zero attached hydrogens (tertiary/aromatic N) is 2. The molecule has 2 rings (SSSR count). The van der Waals surface area contributed by atoms with Gasteiger partial charge in [0.05, 0.1) is 13.2 Å². The van der Waals surface area contributed by atoms with Crippen LogP contribution in [0.1, 0.15) is 38.5 Å². The second-order valence-electron chi connectivity index (χ2n) is 8.74. The van der Waals surface area contributed by atoms with Gasteiger partial charge in [0.25, 0.3) is 0 Å². The van der Waals surface area contributed by atoms with E-state index in [1.165, 1.54) is 9.80 Å². The van der Waals surface area contributed by atoms with E-state index in [9.17, 15) is 28.8 Å². The van der Waals surface area contributed by atoms with Gasteiger partial charge in [-0.05, 0) is 32.1 Å². The Hall–Kier alpha value is -3.30. The number of hydrogen-bond donors (Lipinski definition) is 7. The van der Waals surface area contributed by atoms with Gasteiger partial charge in [-0.2, -0.15) is 0 Å². The SMILES string of the molecule is N[C@@H](CO)C(=O)N[C@@H](CCC(=O)O)C(=O)N1CCC[C@H]1C(=O)N1CCC[C@H]1C(=O)N[C@@H](CO)C(=O)O. The summed E-state index contributed by atoms with van der Waals surface area (Å²) in [5.74, 6) is -5.42. The maximum absolute atomic E-state index is 13.4. The summed E-state index contributed by atoms with van der Waals surface area (Å²) in [5, 5.41) is 40.9. The van der Waals surface area contributed by atoms with Crippen molar-refractivity contribution >= 4 is 35.6 Å². The van der Waals surface area contributed by atoms with Crippen LogP contribution < -0.4 is 16.4 Å². The predicted octanol–water partition coefficient (Wildman–Crippen LogP) is -3.80. The lowest BCUT2D eigenvalue weighted by Gasteiger charge is -2.33. The van der Waals surface area contributed by atoms with Gasteiger partial charge >= 0.3 is 11.9 Å². The first-order valence-electron chi connectivity index (χ1n) is 11.6. The van der Waals surface area contributed by atoms with Gasteiger partial charge in [-0.1, -0.05) is 0 Å². The van der Waals surface area contributed by atoms with E-state index < -0.39 is 85.4 Å². The van der Waals surface area contributed by atoms with E-state index in [-0.39, 0.29) is 32.4 Å². The quantitative estimate of drug-likeness (QED) is 0.133. The number of carbonyl (C=O) groups excluding carboxylic acids is 4. The number of hydrogen-bond acceptors (Lipinski definition) is 9. The van der Waals surface area contributed by atoms with Gasteiger partial charge in [-0.25, -0.2) is 4.79 Å². The molecule has 0 spiro atoms. The third-order valence-electron chi connectivity index (χ3n) is 6.25. The lowest BCUT2D eigenvalue weighted by atomic mass is 10.1. The van der Waals surface area contributed by atoms with Crippen LogP contribution in [0.25, 0.3) is 0 Å². The molecule has 0 aliphatic carbocycles. The Kier molecular flexibility index (Phi) is 10.6. The average Bonchev–Trinajstić information content (AvgIpc) is 3.53. The zero-order valence-electron chi connectivity index (χ0n) is 19.7. The number of aliphatic carboxylic acids is 2. The van der Waals surface area contributed by atoms with E-state index in [1.807, 2.05) is 0 Å². The molecule has 2 aliphatic heterocycles. The summed E-state index contributed by atoms with van der Waals surface area (Å²) in [6.07, 6.45) is 0.765. The maximum atomic E-state index is 13.4. The second-order valence-corrected chi connectivity index (χ2v) is 8.74.